The van der Waals surface area contributed by atoms with Gasteiger partial charge in [-0.2, -0.15) is 5.10 Å². The second-order valence-corrected chi connectivity index (χ2v) is 3.85. The van der Waals surface area contributed by atoms with Gasteiger partial charge in [0, 0.05) is 10.7 Å². The van der Waals surface area contributed by atoms with Crippen molar-refractivity contribution in [2.24, 2.45) is 0 Å². The number of nitrogens with zero attached hydrogens (tertiary/aromatic N) is 2. The van der Waals surface area contributed by atoms with Gasteiger partial charge in [-0.3, -0.25) is 0 Å². The Hall–Kier alpha value is -1.56. The number of aromatic nitrogens is 2. The highest BCUT2D eigenvalue weighted by atomic mass is 79.9. The molecule has 0 spiro atoms. The van der Waals surface area contributed by atoms with Crippen LogP contribution in [0.15, 0.2) is 22.8 Å². The number of hydrogen-bond donors (Lipinski definition) is 1. The van der Waals surface area contributed by atoms with Crippen LogP contribution in [0.2, 0.25) is 0 Å². The van der Waals surface area contributed by atoms with Crippen molar-refractivity contribution in [2.75, 3.05) is 12.8 Å². The highest BCUT2D eigenvalue weighted by Crippen LogP contribution is 2.21. The van der Waals surface area contributed by atoms with E-state index in [2.05, 4.69) is 25.8 Å². The fraction of sp³-hybridized carbons (Fsp3) is 0.111. The zero-order valence-electron chi connectivity index (χ0n) is 7.90. The van der Waals surface area contributed by atoms with E-state index < -0.39 is 5.97 Å². The smallest absolute Gasteiger partial charge is 0.360 e. The first-order chi connectivity index (χ1) is 7.13. The Bertz CT molecular complexity index is 535. The predicted molar refractivity (Wildman–Crippen MR) is 58.6 cm³/mol. The molecule has 0 bridgehead atoms. The summed E-state index contributed by atoms with van der Waals surface area (Å²) >= 11 is 3.30. The zero-order chi connectivity index (χ0) is 11.0. The molecule has 2 heterocycles. The number of fused-ring (bicyclic) bond motifs is 1. The summed E-state index contributed by atoms with van der Waals surface area (Å²) in [5, 5.41) is 4.03. The molecule has 2 rings (SSSR count). The molecule has 15 heavy (non-hydrogen) atoms. The Morgan fingerprint density at radius 3 is 3.00 bits per heavy atom. The summed E-state index contributed by atoms with van der Waals surface area (Å²) < 4.78 is 6.96. The lowest BCUT2D eigenvalue weighted by Crippen LogP contribution is -2.05. The van der Waals surface area contributed by atoms with Gasteiger partial charge in [0.25, 0.3) is 0 Å². The normalized spacial score (nSPS) is 10.5. The summed E-state index contributed by atoms with van der Waals surface area (Å²) in [6.45, 7) is 0. The number of nitrogens with two attached hydrogens (primary N) is 1. The molecular weight excluding hydrogens is 262 g/mol. The maximum atomic E-state index is 11.3. The quantitative estimate of drug-likeness (QED) is 0.796. The van der Waals surface area contributed by atoms with Gasteiger partial charge < -0.3 is 10.5 Å². The molecule has 0 radical (unpaired) electrons. The van der Waals surface area contributed by atoms with Gasteiger partial charge in [-0.05, 0) is 28.1 Å². The summed E-state index contributed by atoms with van der Waals surface area (Å²) in [6, 6.07) is 3.60. The SMILES string of the molecule is COC(=O)c1nn2cc(Br)ccc2c1N. The van der Waals surface area contributed by atoms with Gasteiger partial charge >= 0.3 is 5.97 Å². The Morgan fingerprint density at radius 1 is 1.60 bits per heavy atom. The second-order valence-electron chi connectivity index (χ2n) is 2.93. The molecule has 0 saturated carbocycles. The fourth-order valence-corrected chi connectivity index (χ4v) is 1.62. The summed E-state index contributed by atoms with van der Waals surface area (Å²) in [5.74, 6) is -0.535. The largest absolute Gasteiger partial charge is 0.464 e. The number of anilines is 1. The van der Waals surface area contributed by atoms with E-state index in [-0.39, 0.29) is 5.69 Å². The highest BCUT2D eigenvalue weighted by molar-refractivity contribution is 9.10. The number of carbonyl (C=O) groups is 1. The number of esters is 1. The summed E-state index contributed by atoms with van der Waals surface area (Å²) in [7, 11) is 1.29. The third-order valence-corrected chi connectivity index (χ3v) is 2.48. The van der Waals surface area contributed by atoms with E-state index in [0.29, 0.717) is 11.2 Å². The van der Waals surface area contributed by atoms with Crippen molar-refractivity contribution in [2.45, 2.75) is 0 Å². The number of methoxy groups -OCH3 is 1. The Balaban J connectivity index is 2.69. The van der Waals surface area contributed by atoms with Gasteiger partial charge in [-0.1, -0.05) is 0 Å². The molecule has 0 saturated heterocycles. The second kappa shape index (κ2) is 3.54. The minimum absolute atomic E-state index is 0.135. The molecule has 6 heteroatoms. The predicted octanol–water partition coefficient (Wildman–Crippen LogP) is 1.47. The monoisotopic (exact) mass is 269 g/mol. The van der Waals surface area contributed by atoms with Crippen LogP contribution in [-0.4, -0.2) is 22.7 Å². The summed E-state index contributed by atoms with van der Waals surface area (Å²) in [4.78, 5) is 11.3. The minimum Gasteiger partial charge on any atom is -0.464 e. The molecule has 0 atom stereocenters. The summed E-state index contributed by atoms with van der Waals surface area (Å²) in [5.41, 5.74) is 6.91. The minimum atomic E-state index is -0.535. The van der Waals surface area contributed by atoms with Crippen molar-refractivity contribution in [3.05, 3.63) is 28.5 Å². The van der Waals surface area contributed by atoms with Crippen LogP contribution >= 0.6 is 15.9 Å². The van der Waals surface area contributed by atoms with Crippen LogP contribution in [-0.2, 0) is 4.74 Å². The molecule has 0 fully saturated rings. The zero-order valence-corrected chi connectivity index (χ0v) is 9.48. The average molecular weight is 270 g/mol. The number of carbonyl (C=O) groups excluding carboxylic acids is 1. The maximum absolute atomic E-state index is 11.3. The van der Waals surface area contributed by atoms with Gasteiger partial charge in [0.15, 0.2) is 5.69 Å². The lowest BCUT2D eigenvalue weighted by Gasteiger charge is -1.94. The molecule has 78 valence electrons. The first-order valence-electron chi connectivity index (χ1n) is 4.15. The van der Waals surface area contributed by atoms with Gasteiger partial charge in [0.1, 0.15) is 0 Å². The van der Waals surface area contributed by atoms with E-state index in [9.17, 15) is 4.79 Å². The Kier molecular flexibility index (Phi) is 2.36. The Labute approximate surface area is 94.0 Å². The molecule has 0 aliphatic heterocycles. The van der Waals surface area contributed by atoms with Crippen LogP contribution in [0.3, 0.4) is 0 Å². The topological polar surface area (TPSA) is 69.6 Å². The van der Waals surface area contributed by atoms with Crippen LogP contribution in [0.4, 0.5) is 5.69 Å². The van der Waals surface area contributed by atoms with Gasteiger partial charge in [0.05, 0.1) is 18.3 Å². The van der Waals surface area contributed by atoms with Crippen LogP contribution in [0.5, 0.6) is 0 Å². The average Bonchev–Trinajstić information content (AvgIpc) is 2.54. The molecule has 2 N–H and O–H groups in total. The lowest BCUT2D eigenvalue weighted by atomic mass is 10.3. The molecule has 2 aromatic rings. The number of halogens is 1. The van der Waals surface area contributed by atoms with Crippen molar-refractivity contribution in [3.8, 4) is 0 Å². The van der Waals surface area contributed by atoms with Gasteiger partial charge in [0.2, 0.25) is 0 Å². The molecule has 0 aliphatic rings. The number of pyridine rings is 1. The third kappa shape index (κ3) is 1.56. The van der Waals surface area contributed by atoms with Crippen LogP contribution < -0.4 is 5.73 Å². The number of nitrogen functional groups attached to an aromatic ring is 1. The number of hydrogen-bond acceptors (Lipinski definition) is 4. The number of ether oxygens (including phenoxy) is 1. The van der Waals surface area contributed by atoms with E-state index in [0.717, 1.165) is 4.47 Å². The highest BCUT2D eigenvalue weighted by Gasteiger charge is 2.17. The molecular formula is C9H8BrN3O2. The van der Waals surface area contributed by atoms with Gasteiger partial charge in [-0.15, -0.1) is 0 Å². The Morgan fingerprint density at radius 2 is 2.33 bits per heavy atom. The van der Waals surface area contributed by atoms with Crippen molar-refractivity contribution >= 4 is 33.1 Å². The van der Waals surface area contributed by atoms with Crippen molar-refractivity contribution < 1.29 is 9.53 Å². The van der Waals surface area contributed by atoms with E-state index in [1.54, 1.807) is 12.3 Å². The first kappa shape index (κ1) is 9.97. The van der Waals surface area contributed by atoms with Crippen molar-refractivity contribution in [1.82, 2.24) is 9.61 Å². The van der Waals surface area contributed by atoms with E-state index in [4.69, 9.17) is 5.73 Å². The van der Waals surface area contributed by atoms with Gasteiger partial charge in [-0.25, -0.2) is 9.31 Å². The summed E-state index contributed by atoms with van der Waals surface area (Å²) in [6.07, 6.45) is 1.72. The molecule has 0 unspecified atom stereocenters. The van der Waals surface area contributed by atoms with E-state index in [1.807, 2.05) is 6.07 Å². The standard InChI is InChI=1S/C9H8BrN3O2/c1-15-9(14)8-7(11)6-3-2-5(10)4-13(6)12-8/h2-4H,11H2,1H3. The lowest BCUT2D eigenvalue weighted by molar-refractivity contribution is 0.0595. The van der Waals surface area contributed by atoms with Crippen LogP contribution in [0, 0.1) is 0 Å². The van der Waals surface area contributed by atoms with Crippen molar-refractivity contribution in [3.63, 3.8) is 0 Å². The fourth-order valence-electron chi connectivity index (χ4n) is 1.29. The van der Waals surface area contributed by atoms with Crippen LogP contribution in [0.25, 0.3) is 5.52 Å². The molecule has 2 aromatic heterocycles. The van der Waals surface area contributed by atoms with E-state index >= 15 is 0 Å². The molecule has 0 aliphatic carbocycles. The number of rotatable bonds is 1. The maximum Gasteiger partial charge on any atom is 0.360 e. The molecule has 0 aromatic carbocycles. The van der Waals surface area contributed by atoms with Crippen LogP contribution in [0.1, 0.15) is 10.5 Å². The molecule has 0 amide bonds. The third-order valence-electron chi connectivity index (χ3n) is 2.01. The molecule has 5 nitrogen and oxygen atoms in total. The van der Waals surface area contributed by atoms with E-state index in [1.165, 1.54) is 11.6 Å². The first-order valence-corrected chi connectivity index (χ1v) is 4.94. The van der Waals surface area contributed by atoms with Crippen molar-refractivity contribution in [1.29, 1.82) is 0 Å².